The Hall–Kier alpha value is -3.31. The van der Waals surface area contributed by atoms with Crippen LogP contribution in [0, 0.1) is 5.82 Å². The highest BCUT2D eigenvalue weighted by Gasteiger charge is 2.24. The molecule has 0 bridgehead atoms. The summed E-state index contributed by atoms with van der Waals surface area (Å²) in [6.07, 6.45) is 1.38. The van der Waals surface area contributed by atoms with E-state index >= 15 is 0 Å². The first-order chi connectivity index (χ1) is 14.6. The first kappa shape index (κ1) is 22.4. The van der Waals surface area contributed by atoms with Crippen LogP contribution in [0.25, 0.3) is 11.0 Å². The standard InChI is InChI=1S/C20H21FN4O5S/c1-24(2)31(29,30)11-10-25-15-4-3-9-22-17(15)18(26)16(20(25)28)19(27)23-12-13-5-7-14(21)8-6-13/h3-9,26H,10-12H2,1-2H3,(H,23,27). The molecule has 0 saturated carbocycles. The van der Waals surface area contributed by atoms with Crippen LogP contribution in [0.3, 0.4) is 0 Å². The van der Waals surface area contributed by atoms with Crippen molar-refractivity contribution in [2.24, 2.45) is 0 Å². The lowest BCUT2D eigenvalue weighted by Gasteiger charge is -2.16. The number of rotatable bonds is 7. The molecule has 0 unspecified atom stereocenters. The SMILES string of the molecule is CN(C)S(=O)(=O)CCn1c(=O)c(C(=O)NCc2ccc(F)cc2)c(O)c2ncccc21. The van der Waals surface area contributed by atoms with Crippen molar-refractivity contribution < 1.29 is 22.7 Å². The minimum atomic E-state index is -3.62. The molecule has 1 aromatic carbocycles. The average Bonchev–Trinajstić information content (AvgIpc) is 2.73. The van der Waals surface area contributed by atoms with Crippen LogP contribution < -0.4 is 10.9 Å². The van der Waals surface area contributed by atoms with Crippen LogP contribution in [0.1, 0.15) is 15.9 Å². The quantitative estimate of drug-likeness (QED) is 0.558. The lowest BCUT2D eigenvalue weighted by molar-refractivity contribution is 0.0946. The van der Waals surface area contributed by atoms with Crippen molar-refractivity contribution >= 4 is 27.0 Å². The molecule has 0 saturated heterocycles. The van der Waals surface area contributed by atoms with Crippen molar-refractivity contribution in [2.45, 2.75) is 13.1 Å². The van der Waals surface area contributed by atoms with Gasteiger partial charge in [0.05, 0.1) is 11.3 Å². The molecule has 0 aliphatic carbocycles. The van der Waals surface area contributed by atoms with Gasteiger partial charge in [0.1, 0.15) is 16.9 Å². The van der Waals surface area contributed by atoms with Gasteiger partial charge in [-0.25, -0.2) is 17.1 Å². The van der Waals surface area contributed by atoms with Gasteiger partial charge in [0.2, 0.25) is 10.0 Å². The van der Waals surface area contributed by atoms with E-state index in [0.717, 1.165) is 8.87 Å². The highest BCUT2D eigenvalue weighted by molar-refractivity contribution is 7.89. The lowest BCUT2D eigenvalue weighted by Crippen LogP contribution is -2.35. The Bertz CT molecular complexity index is 1290. The Labute approximate surface area is 177 Å². The second-order valence-corrected chi connectivity index (χ2v) is 9.26. The Balaban J connectivity index is 2.00. The molecule has 0 aliphatic heterocycles. The molecule has 164 valence electrons. The number of nitrogens with zero attached hydrogens (tertiary/aromatic N) is 3. The number of pyridine rings is 2. The first-order valence-electron chi connectivity index (χ1n) is 9.25. The number of nitrogens with one attached hydrogen (secondary N) is 1. The highest BCUT2D eigenvalue weighted by Crippen LogP contribution is 2.24. The minimum Gasteiger partial charge on any atom is -0.505 e. The van der Waals surface area contributed by atoms with Crippen molar-refractivity contribution in [3.05, 3.63) is 69.9 Å². The third kappa shape index (κ3) is 4.72. The fraction of sp³-hybridized carbons (Fsp3) is 0.250. The largest absolute Gasteiger partial charge is 0.505 e. The molecule has 2 N–H and O–H groups in total. The molecule has 2 heterocycles. The van der Waals surface area contributed by atoms with E-state index in [1.807, 2.05) is 0 Å². The predicted octanol–water partition coefficient (Wildman–Crippen LogP) is 1.06. The molecule has 3 rings (SSSR count). The fourth-order valence-corrected chi connectivity index (χ4v) is 3.73. The van der Waals surface area contributed by atoms with Crippen LogP contribution in [0.5, 0.6) is 5.75 Å². The number of sulfonamides is 1. The van der Waals surface area contributed by atoms with Gasteiger partial charge in [-0.15, -0.1) is 0 Å². The molecular weight excluding hydrogens is 427 g/mol. The number of hydrogen-bond acceptors (Lipinski definition) is 6. The van der Waals surface area contributed by atoms with Gasteiger partial charge in [0, 0.05) is 33.4 Å². The first-order valence-corrected chi connectivity index (χ1v) is 10.9. The van der Waals surface area contributed by atoms with E-state index in [0.29, 0.717) is 5.56 Å². The molecule has 31 heavy (non-hydrogen) atoms. The van der Waals surface area contributed by atoms with E-state index < -0.39 is 38.6 Å². The lowest BCUT2D eigenvalue weighted by atomic mass is 10.1. The minimum absolute atomic E-state index is 0.00344. The Morgan fingerprint density at radius 3 is 2.55 bits per heavy atom. The molecule has 3 aromatic rings. The number of amides is 1. The van der Waals surface area contributed by atoms with Gasteiger partial charge in [-0.05, 0) is 29.8 Å². The smallest absolute Gasteiger partial charge is 0.267 e. The summed E-state index contributed by atoms with van der Waals surface area (Å²) in [6.45, 7) is -0.243. The van der Waals surface area contributed by atoms with Crippen molar-refractivity contribution in [1.29, 1.82) is 0 Å². The molecule has 2 aromatic heterocycles. The molecule has 0 atom stereocenters. The second kappa shape index (κ2) is 8.82. The zero-order valence-electron chi connectivity index (χ0n) is 16.9. The third-order valence-corrected chi connectivity index (χ3v) is 6.53. The monoisotopic (exact) mass is 448 g/mol. The van der Waals surface area contributed by atoms with Gasteiger partial charge in [0.25, 0.3) is 11.5 Å². The fourth-order valence-electron chi connectivity index (χ4n) is 2.95. The van der Waals surface area contributed by atoms with Crippen LogP contribution in [0.15, 0.2) is 47.4 Å². The number of carbonyl (C=O) groups excluding carboxylic acids is 1. The maximum Gasteiger partial charge on any atom is 0.267 e. The van der Waals surface area contributed by atoms with E-state index in [9.17, 15) is 27.5 Å². The van der Waals surface area contributed by atoms with Gasteiger partial charge in [-0.3, -0.25) is 14.6 Å². The van der Waals surface area contributed by atoms with Gasteiger partial charge in [-0.1, -0.05) is 12.1 Å². The summed E-state index contributed by atoms with van der Waals surface area (Å²) in [6, 6.07) is 8.45. The maximum atomic E-state index is 13.0. The number of benzene rings is 1. The topological polar surface area (TPSA) is 122 Å². The molecule has 9 nitrogen and oxygen atoms in total. The summed E-state index contributed by atoms with van der Waals surface area (Å²) in [4.78, 5) is 29.8. The van der Waals surface area contributed by atoms with Gasteiger partial charge < -0.3 is 15.0 Å². The van der Waals surface area contributed by atoms with E-state index in [-0.39, 0.29) is 29.9 Å². The number of aromatic hydroxyl groups is 1. The number of halogens is 1. The van der Waals surface area contributed by atoms with Crippen molar-refractivity contribution in [2.75, 3.05) is 19.8 Å². The Morgan fingerprint density at radius 1 is 1.23 bits per heavy atom. The van der Waals surface area contributed by atoms with Crippen molar-refractivity contribution in [3.63, 3.8) is 0 Å². The van der Waals surface area contributed by atoms with Gasteiger partial charge >= 0.3 is 0 Å². The number of aromatic nitrogens is 2. The summed E-state index contributed by atoms with van der Waals surface area (Å²) < 4.78 is 39.5. The molecule has 0 fully saturated rings. The van der Waals surface area contributed by atoms with Crippen molar-refractivity contribution in [1.82, 2.24) is 19.2 Å². The third-order valence-electron chi connectivity index (χ3n) is 4.72. The van der Waals surface area contributed by atoms with Crippen LogP contribution in [-0.4, -0.2) is 53.1 Å². The van der Waals surface area contributed by atoms with Crippen LogP contribution in [0.2, 0.25) is 0 Å². The Kier molecular flexibility index (Phi) is 6.37. The average molecular weight is 448 g/mol. The maximum absolute atomic E-state index is 13.0. The number of hydrogen-bond donors (Lipinski definition) is 2. The molecule has 11 heteroatoms. The van der Waals surface area contributed by atoms with E-state index in [2.05, 4.69) is 10.3 Å². The molecular formula is C20H21FN4O5S. The van der Waals surface area contributed by atoms with Crippen molar-refractivity contribution in [3.8, 4) is 5.75 Å². The van der Waals surface area contributed by atoms with Gasteiger partial charge in [0.15, 0.2) is 5.75 Å². The molecule has 1 amide bonds. The summed E-state index contributed by atoms with van der Waals surface area (Å²) >= 11 is 0. The van der Waals surface area contributed by atoms with E-state index in [1.54, 1.807) is 0 Å². The predicted molar refractivity (Wildman–Crippen MR) is 113 cm³/mol. The van der Waals surface area contributed by atoms with Crippen LogP contribution in [0.4, 0.5) is 4.39 Å². The zero-order valence-corrected chi connectivity index (χ0v) is 17.7. The highest BCUT2D eigenvalue weighted by atomic mass is 32.2. The second-order valence-electron chi connectivity index (χ2n) is 6.96. The number of carbonyl (C=O) groups is 1. The summed E-state index contributed by atoms with van der Waals surface area (Å²) in [5.74, 6) is -2.26. The molecule has 0 aliphatic rings. The summed E-state index contributed by atoms with van der Waals surface area (Å²) in [5.41, 5.74) is -0.602. The normalized spacial score (nSPS) is 11.7. The van der Waals surface area contributed by atoms with E-state index in [1.165, 1.54) is 56.7 Å². The van der Waals surface area contributed by atoms with Crippen LogP contribution in [-0.2, 0) is 23.1 Å². The van der Waals surface area contributed by atoms with Gasteiger partial charge in [-0.2, -0.15) is 0 Å². The zero-order chi connectivity index (χ0) is 22.8. The summed E-state index contributed by atoms with van der Waals surface area (Å²) in [7, 11) is -0.860. The van der Waals surface area contributed by atoms with E-state index in [4.69, 9.17) is 0 Å². The summed E-state index contributed by atoms with van der Waals surface area (Å²) in [5, 5.41) is 13.1. The number of fused-ring (bicyclic) bond motifs is 1. The molecule has 0 spiro atoms. The van der Waals surface area contributed by atoms with Crippen LogP contribution >= 0.6 is 0 Å². The number of aryl methyl sites for hydroxylation is 1. The Morgan fingerprint density at radius 2 is 1.90 bits per heavy atom. The molecule has 0 radical (unpaired) electrons.